The maximum Gasteiger partial charge on any atom is 0.244 e. The lowest BCUT2D eigenvalue weighted by atomic mass is 9.87. The molecule has 1 aromatic rings. The van der Waals surface area contributed by atoms with Crippen molar-refractivity contribution < 1.29 is 9.18 Å². The number of rotatable bonds is 3. The highest BCUT2D eigenvalue weighted by Gasteiger charge is 2.19. The second-order valence-electron chi connectivity index (χ2n) is 5.81. The van der Waals surface area contributed by atoms with Gasteiger partial charge in [-0.2, -0.15) is 0 Å². The van der Waals surface area contributed by atoms with Gasteiger partial charge in [0, 0.05) is 12.1 Å². The van der Waals surface area contributed by atoms with E-state index in [1.807, 2.05) is 6.92 Å². The lowest BCUT2D eigenvalue weighted by Gasteiger charge is -2.27. The first kappa shape index (κ1) is 14.8. The van der Waals surface area contributed by atoms with Crippen LogP contribution in [0.25, 0.3) is 5.57 Å². The average Bonchev–Trinajstić information content (AvgIpc) is 2.39. The predicted molar refractivity (Wildman–Crippen MR) is 79.6 cm³/mol. The summed E-state index contributed by atoms with van der Waals surface area (Å²) < 4.78 is 12.9. The Morgan fingerprint density at radius 1 is 1.30 bits per heavy atom. The third-order valence-corrected chi connectivity index (χ3v) is 3.93. The van der Waals surface area contributed by atoms with Gasteiger partial charge >= 0.3 is 0 Å². The van der Waals surface area contributed by atoms with Gasteiger partial charge in [0.05, 0.1) is 0 Å². The van der Waals surface area contributed by atoms with Crippen LogP contribution in [-0.4, -0.2) is 11.9 Å². The molecule has 0 aliphatic heterocycles. The zero-order valence-electron chi connectivity index (χ0n) is 12.2. The molecule has 3 heteroatoms. The first-order valence-corrected chi connectivity index (χ1v) is 7.29. The third-order valence-electron chi connectivity index (χ3n) is 3.93. The van der Waals surface area contributed by atoms with Gasteiger partial charge in [0.25, 0.3) is 0 Å². The van der Waals surface area contributed by atoms with E-state index in [9.17, 15) is 9.18 Å². The minimum absolute atomic E-state index is 0.0501. The van der Waals surface area contributed by atoms with Crippen LogP contribution in [0.3, 0.4) is 0 Å². The van der Waals surface area contributed by atoms with Crippen LogP contribution in [-0.2, 0) is 4.79 Å². The van der Waals surface area contributed by atoms with E-state index in [4.69, 9.17) is 0 Å². The molecule has 0 aromatic heterocycles. The van der Waals surface area contributed by atoms with Crippen molar-refractivity contribution in [1.29, 1.82) is 0 Å². The Balaban J connectivity index is 1.95. The van der Waals surface area contributed by atoms with Gasteiger partial charge in [-0.05, 0) is 49.0 Å². The Kier molecular flexibility index (Phi) is 4.94. The fourth-order valence-electron chi connectivity index (χ4n) is 2.80. The second-order valence-corrected chi connectivity index (χ2v) is 5.81. The fourth-order valence-corrected chi connectivity index (χ4v) is 2.80. The Bertz CT molecular complexity index is 492. The van der Waals surface area contributed by atoms with Crippen molar-refractivity contribution in [3.8, 4) is 0 Å². The summed E-state index contributed by atoms with van der Waals surface area (Å²) in [6.45, 7) is 4.11. The quantitative estimate of drug-likeness (QED) is 0.832. The van der Waals surface area contributed by atoms with E-state index in [1.54, 1.807) is 18.2 Å². The zero-order valence-corrected chi connectivity index (χ0v) is 12.2. The van der Waals surface area contributed by atoms with Gasteiger partial charge < -0.3 is 5.32 Å². The van der Waals surface area contributed by atoms with E-state index < -0.39 is 0 Å². The first-order valence-electron chi connectivity index (χ1n) is 7.29. The largest absolute Gasteiger partial charge is 0.350 e. The molecule has 108 valence electrons. The molecule has 0 saturated heterocycles. The Morgan fingerprint density at radius 2 is 2.00 bits per heavy atom. The van der Waals surface area contributed by atoms with Crippen LogP contribution in [0, 0.1) is 11.7 Å². The second kappa shape index (κ2) is 6.69. The molecule has 0 heterocycles. The van der Waals surface area contributed by atoms with E-state index in [0.717, 1.165) is 24.0 Å². The molecule has 2 atom stereocenters. The molecular weight excluding hydrogens is 253 g/mol. The van der Waals surface area contributed by atoms with E-state index in [2.05, 4.69) is 12.2 Å². The number of hydrogen-bond donors (Lipinski definition) is 1. The Labute approximate surface area is 120 Å². The first-order chi connectivity index (χ1) is 9.54. The molecule has 0 spiro atoms. The number of hydrogen-bond acceptors (Lipinski definition) is 1. The lowest BCUT2D eigenvalue weighted by molar-refractivity contribution is -0.117. The van der Waals surface area contributed by atoms with Crippen LogP contribution in [0.15, 0.2) is 30.3 Å². The van der Waals surface area contributed by atoms with Crippen LogP contribution in [0.2, 0.25) is 0 Å². The molecule has 2 nitrogen and oxygen atoms in total. The summed E-state index contributed by atoms with van der Waals surface area (Å²) >= 11 is 0. The number of carbonyl (C=O) groups excluding carboxylic acids is 1. The molecule has 1 aromatic carbocycles. The molecule has 0 radical (unpaired) electrons. The summed E-state index contributed by atoms with van der Waals surface area (Å²) in [5.41, 5.74) is 1.73. The highest BCUT2D eigenvalue weighted by molar-refractivity contribution is 5.94. The van der Waals surface area contributed by atoms with Gasteiger partial charge in [0.2, 0.25) is 5.91 Å². The summed E-state index contributed by atoms with van der Waals surface area (Å²) in [6.07, 6.45) is 6.19. The third kappa shape index (κ3) is 4.19. The smallest absolute Gasteiger partial charge is 0.244 e. The van der Waals surface area contributed by atoms with Gasteiger partial charge in [0.15, 0.2) is 0 Å². The fraction of sp³-hybridized carbons (Fsp3) is 0.471. The van der Waals surface area contributed by atoms with Crippen LogP contribution in [0.1, 0.15) is 45.1 Å². The molecule has 2 rings (SSSR count). The van der Waals surface area contributed by atoms with E-state index >= 15 is 0 Å². The summed E-state index contributed by atoms with van der Waals surface area (Å²) in [4.78, 5) is 12.0. The van der Waals surface area contributed by atoms with Gasteiger partial charge in [-0.15, -0.1) is 0 Å². The highest BCUT2D eigenvalue weighted by atomic mass is 19.1. The molecule has 1 fully saturated rings. The van der Waals surface area contributed by atoms with E-state index in [1.165, 1.54) is 25.0 Å². The van der Waals surface area contributed by atoms with Crippen molar-refractivity contribution in [2.75, 3.05) is 0 Å². The van der Waals surface area contributed by atoms with Crippen molar-refractivity contribution in [2.45, 2.75) is 45.6 Å². The van der Waals surface area contributed by atoms with Crippen molar-refractivity contribution >= 4 is 11.5 Å². The number of benzene rings is 1. The SMILES string of the molecule is C/C(=C\C(=O)N[C@@H]1CCC[C@@H](C)C1)c1ccc(F)cc1. The maximum absolute atomic E-state index is 12.9. The van der Waals surface area contributed by atoms with E-state index in [-0.39, 0.29) is 11.7 Å². The number of carbonyl (C=O) groups is 1. The molecule has 1 saturated carbocycles. The van der Waals surface area contributed by atoms with Gasteiger partial charge in [-0.1, -0.05) is 31.9 Å². The van der Waals surface area contributed by atoms with Crippen LogP contribution < -0.4 is 5.32 Å². The van der Waals surface area contributed by atoms with Crippen LogP contribution >= 0.6 is 0 Å². The topological polar surface area (TPSA) is 29.1 Å². The number of allylic oxidation sites excluding steroid dienone is 1. The monoisotopic (exact) mass is 275 g/mol. The van der Waals surface area contributed by atoms with Crippen LogP contribution in [0.5, 0.6) is 0 Å². The normalized spacial score (nSPS) is 23.4. The van der Waals surface area contributed by atoms with Gasteiger partial charge in [-0.25, -0.2) is 4.39 Å². The summed E-state index contributed by atoms with van der Waals surface area (Å²) in [6, 6.07) is 6.50. The zero-order chi connectivity index (χ0) is 14.5. The maximum atomic E-state index is 12.9. The van der Waals surface area contributed by atoms with Crippen molar-refractivity contribution in [3.05, 3.63) is 41.7 Å². The molecule has 1 N–H and O–H groups in total. The number of amides is 1. The average molecular weight is 275 g/mol. The minimum atomic E-state index is -0.262. The Morgan fingerprint density at radius 3 is 2.65 bits per heavy atom. The molecule has 0 bridgehead atoms. The summed E-state index contributed by atoms with van der Waals surface area (Å²) in [7, 11) is 0. The molecule has 1 aliphatic carbocycles. The van der Waals surface area contributed by atoms with E-state index in [0.29, 0.717) is 12.0 Å². The predicted octanol–water partition coefficient (Wildman–Crippen LogP) is 3.92. The minimum Gasteiger partial charge on any atom is -0.350 e. The summed E-state index contributed by atoms with van der Waals surface area (Å²) in [5.74, 6) is 0.379. The molecular formula is C17H22FNO. The Hall–Kier alpha value is -1.64. The summed E-state index contributed by atoms with van der Waals surface area (Å²) in [5, 5.41) is 3.07. The number of nitrogens with one attached hydrogen (secondary N) is 1. The van der Waals surface area contributed by atoms with Gasteiger partial charge in [0.1, 0.15) is 5.82 Å². The molecule has 1 aliphatic rings. The molecule has 0 unspecified atom stereocenters. The molecule has 1 amide bonds. The lowest BCUT2D eigenvalue weighted by Crippen LogP contribution is -2.37. The van der Waals surface area contributed by atoms with Gasteiger partial charge in [-0.3, -0.25) is 4.79 Å². The van der Waals surface area contributed by atoms with Crippen molar-refractivity contribution in [1.82, 2.24) is 5.32 Å². The number of halogens is 1. The van der Waals surface area contributed by atoms with Crippen molar-refractivity contribution in [2.24, 2.45) is 5.92 Å². The standard InChI is InChI=1S/C17H22FNO/c1-12-4-3-5-16(10-12)19-17(20)11-13(2)14-6-8-15(18)9-7-14/h6-9,11-12,16H,3-5,10H2,1-2H3,(H,19,20)/b13-11+/t12-,16-/m1/s1. The van der Waals surface area contributed by atoms with Crippen molar-refractivity contribution in [3.63, 3.8) is 0 Å². The molecule has 20 heavy (non-hydrogen) atoms. The van der Waals surface area contributed by atoms with Crippen LogP contribution in [0.4, 0.5) is 4.39 Å². The highest BCUT2D eigenvalue weighted by Crippen LogP contribution is 2.23.